The molecular formula is C17H23N3O. The lowest BCUT2D eigenvalue weighted by Gasteiger charge is -2.23. The average Bonchev–Trinajstić information content (AvgIpc) is 2.98. The highest BCUT2D eigenvalue weighted by atomic mass is 16.5. The second-order valence-corrected chi connectivity index (χ2v) is 6.05. The molecule has 0 saturated heterocycles. The molecule has 0 aliphatic heterocycles. The molecule has 1 aromatic heterocycles. The number of benzene rings is 1. The Morgan fingerprint density at radius 2 is 1.90 bits per heavy atom. The van der Waals surface area contributed by atoms with E-state index in [2.05, 4.69) is 34.5 Å². The minimum absolute atomic E-state index is 0.501. The number of aromatic nitrogens is 2. The summed E-state index contributed by atoms with van der Waals surface area (Å²) in [5.41, 5.74) is 1.12. The molecule has 1 aliphatic carbocycles. The summed E-state index contributed by atoms with van der Waals surface area (Å²) in [5, 5.41) is 7.54. The predicted octanol–water partition coefficient (Wildman–Crippen LogP) is 4.02. The smallest absolute Gasteiger partial charge is 0.228 e. The van der Waals surface area contributed by atoms with Crippen molar-refractivity contribution in [1.29, 1.82) is 0 Å². The first-order valence-electron chi connectivity index (χ1n) is 7.92. The first kappa shape index (κ1) is 14.1. The molecule has 1 saturated carbocycles. The Morgan fingerprint density at radius 1 is 1.14 bits per heavy atom. The number of anilines is 1. The molecule has 0 atom stereocenters. The van der Waals surface area contributed by atoms with Crippen LogP contribution in [0.25, 0.3) is 0 Å². The van der Waals surface area contributed by atoms with Gasteiger partial charge >= 0.3 is 0 Å². The highest BCUT2D eigenvalue weighted by Crippen LogP contribution is 2.33. The lowest BCUT2D eigenvalue weighted by Crippen LogP contribution is -2.12. The fourth-order valence-electron chi connectivity index (χ4n) is 2.92. The van der Waals surface area contributed by atoms with Gasteiger partial charge in [0.25, 0.3) is 0 Å². The molecule has 0 spiro atoms. The topological polar surface area (TPSA) is 51.0 Å². The molecule has 4 nitrogen and oxygen atoms in total. The van der Waals surface area contributed by atoms with Crippen LogP contribution in [0.2, 0.25) is 0 Å². The van der Waals surface area contributed by atoms with Crippen molar-refractivity contribution in [3.63, 3.8) is 0 Å². The Bertz CT molecular complexity index is 544. The summed E-state index contributed by atoms with van der Waals surface area (Å²) in [4.78, 5) is 4.57. The summed E-state index contributed by atoms with van der Waals surface area (Å²) >= 11 is 0. The molecule has 112 valence electrons. The van der Waals surface area contributed by atoms with E-state index in [1.807, 2.05) is 18.2 Å². The summed E-state index contributed by atoms with van der Waals surface area (Å²) in [6.45, 7) is 3.14. The van der Waals surface area contributed by atoms with E-state index in [9.17, 15) is 0 Å². The highest BCUT2D eigenvalue weighted by molar-refractivity contribution is 5.42. The average molecular weight is 285 g/mol. The summed E-state index contributed by atoms with van der Waals surface area (Å²) in [6.07, 6.45) is 5.73. The van der Waals surface area contributed by atoms with Crippen molar-refractivity contribution in [3.8, 4) is 0 Å². The Labute approximate surface area is 126 Å². The van der Waals surface area contributed by atoms with E-state index in [0.717, 1.165) is 36.3 Å². The predicted molar refractivity (Wildman–Crippen MR) is 83.3 cm³/mol. The van der Waals surface area contributed by atoms with Crippen LogP contribution in [-0.4, -0.2) is 16.7 Å². The maximum absolute atomic E-state index is 5.38. The number of nitrogens with one attached hydrogen (secondary N) is 1. The van der Waals surface area contributed by atoms with Crippen molar-refractivity contribution in [3.05, 3.63) is 42.0 Å². The van der Waals surface area contributed by atoms with Gasteiger partial charge in [0.2, 0.25) is 5.89 Å². The van der Waals surface area contributed by atoms with Gasteiger partial charge in [-0.1, -0.05) is 43.1 Å². The van der Waals surface area contributed by atoms with Crippen LogP contribution < -0.4 is 5.32 Å². The van der Waals surface area contributed by atoms with E-state index in [0.29, 0.717) is 5.92 Å². The van der Waals surface area contributed by atoms with E-state index >= 15 is 0 Å². The molecule has 0 amide bonds. The molecule has 0 bridgehead atoms. The zero-order valence-corrected chi connectivity index (χ0v) is 12.6. The Balaban J connectivity index is 1.49. The Hall–Kier alpha value is -1.84. The molecule has 21 heavy (non-hydrogen) atoms. The first-order chi connectivity index (χ1) is 10.3. The van der Waals surface area contributed by atoms with Gasteiger partial charge in [0.1, 0.15) is 0 Å². The van der Waals surface area contributed by atoms with Gasteiger partial charge in [0.15, 0.2) is 5.82 Å². The van der Waals surface area contributed by atoms with Crippen LogP contribution in [0.1, 0.15) is 50.2 Å². The van der Waals surface area contributed by atoms with E-state index in [1.165, 1.54) is 25.7 Å². The molecule has 2 aromatic rings. The van der Waals surface area contributed by atoms with Crippen molar-refractivity contribution in [2.75, 3.05) is 11.9 Å². The Morgan fingerprint density at radius 3 is 2.67 bits per heavy atom. The minimum atomic E-state index is 0.501. The second kappa shape index (κ2) is 6.74. The maximum atomic E-state index is 5.38. The summed E-state index contributed by atoms with van der Waals surface area (Å²) in [6, 6.07) is 10.2. The van der Waals surface area contributed by atoms with Gasteiger partial charge in [-0.2, -0.15) is 4.98 Å². The number of hydrogen-bond donors (Lipinski definition) is 1. The Kier molecular flexibility index (Phi) is 4.53. The van der Waals surface area contributed by atoms with Gasteiger partial charge in [-0.05, 0) is 30.9 Å². The molecule has 1 heterocycles. The second-order valence-electron chi connectivity index (χ2n) is 6.05. The van der Waals surface area contributed by atoms with Crippen LogP contribution in [0, 0.1) is 5.92 Å². The molecule has 1 fully saturated rings. The lowest BCUT2D eigenvalue weighted by molar-refractivity contribution is 0.324. The molecule has 3 rings (SSSR count). The molecule has 1 N–H and O–H groups in total. The van der Waals surface area contributed by atoms with Gasteiger partial charge in [-0.25, -0.2) is 0 Å². The highest BCUT2D eigenvalue weighted by Gasteiger charge is 2.23. The molecule has 0 unspecified atom stereocenters. The van der Waals surface area contributed by atoms with Gasteiger partial charge in [-0.15, -0.1) is 0 Å². The molecular weight excluding hydrogens is 262 g/mol. The third-order valence-corrected chi connectivity index (χ3v) is 4.31. The standard InChI is InChI=1S/C17H23N3O/c1-13-7-9-14(10-8-13)17-19-16(21-20-17)11-12-18-15-5-3-2-4-6-15/h2-6,13-14,18H,7-12H2,1H3. The molecule has 1 aliphatic rings. The summed E-state index contributed by atoms with van der Waals surface area (Å²) in [7, 11) is 0. The van der Waals surface area contributed by atoms with Crippen molar-refractivity contribution < 1.29 is 4.52 Å². The quantitative estimate of drug-likeness (QED) is 0.901. The van der Waals surface area contributed by atoms with Crippen LogP contribution >= 0.6 is 0 Å². The fourth-order valence-corrected chi connectivity index (χ4v) is 2.92. The third-order valence-electron chi connectivity index (χ3n) is 4.31. The monoisotopic (exact) mass is 285 g/mol. The number of para-hydroxylation sites is 1. The summed E-state index contributed by atoms with van der Waals surface area (Å²) < 4.78 is 5.38. The van der Waals surface area contributed by atoms with Crippen molar-refractivity contribution in [2.45, 2.75) is 44.9 Å². The lowest BCUT2D eigenvalue weighted by atomic mass is 9.83. The molecule has 0 radical (unpaired) electrons. The van der Waals surface area contributed by atoms with Gasteiger partial charge in [0.05, 0.1) is 0 Å². The van der Waals surface area contributed by atoms with Crippen LogP contribution in [0.4, 0.5) is 5.69 Å². The van der Waals surface area contributed by atoms with Crippen LogP contribution in [-0.2, 0) is 6.42 Å². The van der Waals surface area contributed by atoms with Gasteiger partial charge < -0.3 is 9.84 Å². The van der Waals surface area contributed by atoms with Crippen LogP contribution in [0.5, 0.6) is 0 Å². The van der Waals surface area contributed by atoms with Gasteiger partial charge in [-0.3, -0.25) is 0 Å². The normalized spacial score (nSPS) is 22.1. The van der Waals surface area contributed by atoms with E-state index in [-0.39, 0.29) is 0 Å². The fraction of sp³-hybridized carbons (Fsp3) is 0.529. The summed E-state index contributed by atoms with van der Waals surface area (Å²) in [5.74, 6) is 3.01. The van der Waals surface area contributed by atoms with Crippen molar-refractivity contribution in [2.24, 2.45) is 5.92 Å². The number of rotatable bonds is 5. The first-order valence-corrected chi connectivity index (χ1v) is 7.92. The van der Waals surface area contributed by atoms with Crippen LogP contribution in [0.15, 0.2) is 34.9 Å². The largest absolute Gasteiger partial charge is 0.385 e. The SMILES string of the molecule is CC1CCC(c2noc(CCNc3ccccc3)n2)CC1. The minimum Gasteiger partial charge on any atom is -0.385 e. The van der Waals surface area contributed by atoms with Crippen molar-refractivity contribution >= 4 is 5.69 Å². The van der Waals surface area contributed by atoms with Crippen LogP contribution in [0.3, 0.4) is 0 Å². The third kappa shape index (κ3) is 3.84. The van der Waals surface area contributed by atoms with Crippen molar-refractivity contribution in [1.82, 2.24) is 10.1 Å². The van der Waals surface area contributed by atoms with E-state index < -0.39 is 0 Å². The zero-order chi connectivity index (χ0) is 14.5. The number of nitrogens with zero attached hydrogens (tertiary/aromatic N) is 2. The maximum Gasteiger partial charge on any atom is 0.228 e. The van der Waals surface area contributed by atoms with E-state index in [4.69, 9.17) is 4.52 Å². The van der Waals surface area contributed by atoms with Gasteiger partial charge in [0, 0.05) is 24.6 Å². The molecule has 4 heteroatoms. The number of hydrogen-bond acceptors (Lipinski definition) is 4. The van der Waals surface area contributed by atoms with E-state index in [1.54, 1.807) is 0 Å². The molecule has 1 aromatic carbocycles. The zero-order valence-electron chi connectivity index (χ0n) is 12.6.